The molecule has 1 aromatic heterocycles. The van der Waals surface area contributed by atoms with Crippen LogP contribution in [-0.2, 0) is 4.79 Å². The van der Waals surface area contributed by atoms with Gasteiger partial charge in [0, 0.05) is 57.1 Å². The van der Waals surface area contributed by atoms with Gasteiger partial charge in [-0.25, -0.2) is 4.98 Å². The molecule has 0 bridgehead atoms. The van der Waals surface area contributed by atoms with Crippen LogP contribution in [0.2, 0.25) is 0 Å². The number of carbonyl (C=O) groups excluding carboxylic acids is 1. The lowest BCUT2D eigenvalue weighted by Gasteiger charge is -2.35. The summed E-state index contributed by atoms with van der Waals surface area (Å²) in [5.41, 5.74) is 1.97. The number of hydrogen-bond donors (Lipinski definition) is 0. The third kappa shape index (κ3) is 4.72. The molecule has 7 nitrogen and oxygen atoms in total. The van der Waals surface area contributed by atoms with Gasteiger partial charge in [-0.05, 0) is 43.5 Å². The lowest BCUT2D eigenvalue weighted by molar-refractivity contribution is -0.126. The van der Waals surface area contributed by atoms with Gasteiger partial charge >= 0.3 is 0 Å². The van der Waals surface area contributed by atoms with Gasteiger partial charge in [0.15, 0.2) is 0 Å². The fourth-order valence-electron chi connectivity index (χ4n) is 3.90. The first-order valence-electron chi connectivity index (χ1n) is 10.6. The smallest absolute Gasteiger partial charge is 0.246 e. The zero-order valence-corrected chi connectivity index (χ0v) is 17.8. The molecule has 0 saturated carbocycles. The van der Waals surface area contributed by atoms with Gasteiger partial charge in [-0.2, -0.15) is 4.98 Å². The summed E-state index contributed by atoms with van der Waals surface area (Å²) in [5, 5.41) is 0. The minimum atomic E-state index is 0.0436. The summed E-state index contributed by atoms with van der Waals surface area (Å²) in [5.74, 6) is 2.65. The summed E-state index contributed by atoms with van der Waals surface area (Å²) in [4.78, 5) is 28.4. The van der Waals surface area contributed by atoms with Gasteiger partial charge in [0.1, 0.15) is 11.6 Å². The molecule has 0 aliphatic carbocycles. The molecule has 0 atom stereocenters. The van der Waals surface area contributed by atoms with Crippen LogP contribution >= 0.6 is 0 Å². The van der Waals surface area contributed by atoms with Crippen LogP contribution in [0.3, 0.4) is 0 Å². The van der Waals surface area contributed by atoms with Crippen LogP contribution in [0, 0.1) is 6.92 Å². The molecule has 2 aromatic rings. The molecule has 2 aliphatic heterocycles. The van der Waals surface area contributed by atoms with Gasteiger partial charge < -0.3 is 19.4 Å². The van der Waals surface area contributed by atoms with Crippen molar-refractivity contribution in [1.29, 1.82) is 0 Å². The number of methoxy groups -OCH3 is 1. The molecule has 3 heterocycles. The Morgan fingerprint density at radius 3 is 2.33 bits per heavy atom. The molecule has 1 aromatic carbocycles. The van der Waals surface area contributed by atoms with Crippen molar-refractivity contribution in [2.75, 3.05) is 56.2 Å². The third-order valence-electron chi connectivity index (χ3n) is 5.67. The molecule has 1 amide bonds. The van der Waals surface area contributed by atoms with Crippen molar-refractivity contribution >= 4 is 23.7 Å². The Labute approximate surface area is 178 Å². The highest BCUT2D eigenvalue weighted by Crippen LogP contribution is 2.22. The number of hydrogen-bond acceptors (Lipinski definition) is 6. The van der Waals surface area contributed by atoms with Crippen LogP contribution in [0.1, 0.15) is 24.1 Å². The quantitative estimate of drug-likeness (QED) is 0.711. The first-order valence-corrected chi connectivity index (χ1v) is 10.6. The Morgan fingerprint density at radius 2 is 1.67 bits per heavy atom. The molecule has 2 aliphatic rings. The molecule has 4 rings (SSSR count). The molecule has 2 fully saturated rings. The Hall–Kier alpha value is -3.09. The average Bonchev–Trinajstić information content (AvgIpc) is 3.33. The Kier molecular flexibility index (Phi) is 6.16. The molecule has 30 heavy (non-hydrogen) atoms. The lowest BCUT2D eigenvalue weighted by atomic mass is 10.2. The molecule has 7 heteroatoms. The van der Waals surface area contributed by atoms with Crippen LogP contribution in [0.25, 0.3) is 6.08 Å². The largest absolute Gasteiger partial charge is 0.497 e. The highest BCUT2D eigenvalue weighted by Gasteiger charge is 2.22. The number of amides is 1. The van der Waals surface area contributed by atoms with E-state index in [0.29, 0.717) is 13.1 Å². The number of aryl methyl sites for hydroxylation is 1. The number of rotatable bonds is 5. The SMILES string of the molecule is COc1ccc(/C=C/C(=O)N2CCN(c3cc(C)nc(N4CCCC4)n3)CC2)cc1. The summed E-state index contributed by atoms with van der Waals surface area (Å²) in [7, 11) is 1.64. The van der Waals surface area contributed by atoms with E-state index in [1.54, 1.807) is 13.2 Å². The van der Waals surface area contributed by atoms with Crippen LogP contribution in [0.4, 0.5) is 11.8 Å². The second-order valence-electron chi connectivity index (χ2n) is 7.78. The van der Waals surface area contributed by atoms with E-state index in [0.717, 1.165) is 55.0 Å². The number of nitrogens with zero attached hydrogens (tertiary/aromatic N) is 5. The van der Waals surface area contributed by atoms with Gasteiger partial charge in [0.25, 0.3) is 0 Å². The van der Waals surface area contributed by atoms with Gasteiger partial charge in [-0.1, -0.05) is 12.1 Å². The maximum Gasteiger partial charge on any atom is 0.246 e. The van der Waals surface area contributed by atoms with E-state index in [1.807, 2.05) is 48.2 Å². The number of ether oxygens (including phenoxy) is 1. The Morgan fingerprint density at radius 1 is 0.967 bits per heavy atom. The second-order valence-corrected chi connectivity index (χ2v) is 7.78. The van der Waals surface area contributed by atoms with Crippen LogP contribution in [0.5, 0.6) is 5.75 Å². The van der Waals surface area contributed by atoms with E-state index in [1.165, 1.54) is 12.8 Å². The third-order valence-corrected chi connectivity index (χ3v) is 5.67. The summed E-state index contributed by atoms with van der Waals surface area (Å²) in [6.45, 7) is 7.02. The van der Waals surface area contributed by atoms with Crippen LogP contribution in [0.15, 0.2) is 36.4 Å². The minimum Gasteiger partial charge on any atom is -0.497 e. The van der Waals surface area contributed by atoms with E-state index in [-0.39, 0.29) is 5.91 Å². The summed E-state index contributed by atoms with van der Waals surface area (Å²) in [6, 6.07) is 9.71. The fraction of sp³-hybridized carbons (Fsp3) is 0.435. The molecular weight excluding hydrogens is 378 g/mol. The topological polar surface area (TPSA) is 61.8 Å². The summed E-state index contributed by atoms with van der Waals surface area (Å²) >= 11 is 0. The van der Waals surface area contributed by atoms with Crippen molar-refractivity contribution in [3.63, 3.8) is 0 Å². The Balaban J connectivity index is 1.35. The van der Waals surface area contributed by atoms with Crippen molar-refractivity contribution in [2.24, 2.45) is 0 Å². The normalized spacial score (nSPS) is 17.1. The van der Waals surface area contributed by atoms with E-state index in [9.17, 15) is 4.79 Å². The van der Waals surface area contributed by atoms with E-state index in [2.05, 4.69) is 14.8 Å². The summed E-state index contributed by atoms with van der Waals surface area (Å²) in [6.07, 6.45) is 5.91. The first-order chi connectivity index (χ1) is 14.6. The number of benzene rings is 1. The van der Waals surface area contributed by atoms with Gasteiger partial charge in [0.2, 0.25) is 11.9 Å². The zero-order valence-electron chi connectivity index (χ0n) is 17.8. The fourth-order valence-corrected chi connectivity index (χ4v) is 3.90. The predicted octanol–water partition coefficient (Wildman–Crippen LogP) is 2.76. The number of aromatic nitrogens is 2. The highest BCUT2D eigenvalue weighted by atomic mass is 16.5. The highest BCUT2D eigenvalue weighted by molar-refractivity contribution is 5.92. The maximum absolute atomic E-state index is 12.6. The lowest BCUT2D eigenvalue weighted by Crippen LogP contribution is -2.48. The van der Waals surface area contributed by atoms with Crippen molar-refractivity contribution in [3.8, 4) is 5.75 Å². The second kappa shape index (κ2) is 9.15. The van der Waals surface area contributed by atoms with Crippen LogP contribution < -0.4 is 14.5 Å². The molecule has 2 saturated heterocycles. The Bertz CT molecular complexity index is 898. The number of carbonyl (C=O) groups is 1. The molecule has 0 radical (unpaired) electrons. The van der Waals surface area contributed by atoms with Gasteiger partial charge in [-0.3, -0.25) is 4.79 Å². The van der Waals surface area contributed by atoms with E-state index in [4.69, 9.17) is 9.72 Å². The molecule has 0 spiro atoms. The van der Waals surface area contributed by atoms with Gasteiger partial charge in [0.05, 0.1) is 7.11 Å². The number of anilines is 2. The van der Waals surface area contributed by atoms with Gasteiger partial charge in [-0.15, -0.1) is 0 Å². The van der Waals surface area contributed by atoms with Crippen molar-refractivity contribution in [1.82, 2.24) is 14.9 Å². The number of piperazine rings is 1. The van der Waals surface area contributed by atoms with Crippen LogP contribution in [-0.4, -0.2) is 67.2 Å². The summed E-state index contributed by atoms with van der Waals surface area (Å²) < 4.78 is 5.16. The predicted molar refractivity (Wildman–Crippen MR) is 119 cm³/mol. The van der Waals surface area contributed by atoms with Crippen molar-refractivity contribution in [2.45, 2.75) is 19.8 Å². The monoisotopic (exact) mass is 407 g/mol. The molecule has 0 N–H and O–H groups in total. The van der Waals surface area contributed by atoms with Crippen molar-refractivity contribution in [3.05, 3.63) is 47.7 Å². The maximum atomic E-state index is 12.6. The molecule has 0 unspecified atom stereocenters. The van der Waals surface area contributed by atoms with Crippen molar-refractivity contribution < 1.29 is 9.53 Å². The standard InChI is InChI=1S/C23H29N5O2/c1-18-17-21(25-23(24-18)28-11-3-4-12-28)26-13-15-27(16-14-26)22(29)10-7-19-5-8-20(30-2)9-6-19/h5-10,17H,3-4,11-16H2,1-2H3/b10-7+. The zero-order chi connectivity index (χ0) is 20.9. The molecule has 158 valence electrons. The van der Waals surface area contributed by atoms with E-state index < -0.39 is 0 Å². The first kappa shape index (κ1) is 20.2. The minimum absolute atomic E-state index is 0.0436. The average molecular weight is 408 g/mol. The van der Waals surface area contributed by atoms with E-state index >= 15 is 0 Å². The molecular formula is C23H29N5O2.